The summed E-state index contributed by atoms with van der Waals surface area (Å²) >= 11 is 9.49. The van der Waals surface area contributed by atoms with Crippen molar-refractivity contribution in [3.63, 3.8) is 0 Å². The number of methoxy groups -OCH3 is 1. The molecule has 2 N–H and O–H groups in total. The van der Waals surface area contributed by atoms with Gasteiger partial charge >= 0.3 is 6.09 Å². The number of amides is 2. The van der Waals surface area contributed by atoms with Gasteiger partial charge in [0.15, 0.2) is 0 Å². The van der Waals surface area contributed by atoms with Crippen molar-refractivity contribution in [2.45, 2.75) is 19.0 Å². The summed E-state index contributed by atoms with van der Waals surface area (Å²) in [5.41, 5.74) is 0.696. The van der Waals surface area contributed by atoms with Gasteiger partial charge in [0.05, 0.1) is 17.8 Å². The number of carbonyl (C=O) groups excluding carboxylic acids is 1. The molecule has 0 bridgehead atoms. The zero-order chi connectivity index (χ0) is 20.4. The van der Waals surface area contributed by atoms with E-state index in [4.69, 9.17) is 21.4 Å². The van der Waals surface area contributed by atoms with Crippen molar-refractivity contribution in [1.82, 2.24) is 14.7 Å². The van der Waals surface area contributed by atoms with E-state index >= 15 is 0 Å². The van der Waals surface area contributed by atoms with Crippen molar-refractivity contribution in [3.05, 3.63) is 21.6 Å². The van der Waals surface area contributed by atoms with Gasteiger partial charge in [-0.15, -0.1) is 0 Å². The fourth-order valence-corrected chi connectivity index (χ4v) is 4.03. The minimum atomic E-state index is -0.866. The summed E-state index contributed by atoms with van der Waals surface area (Å²) in [5.74, 6) is 0.596. The number of benzene rings is 1. The first-order chi connectivity index (χ1) is 13.3. The maximum atomic E-state index is 12.8. The number of piperazine rings is 1. The first kappa shape index (κ1) is 21.0. The summed E-state index contributed by atoms with van der Waals surface area (Å²) in [5, 5.41) is 12.7. The maximum absolute atomic E-state index is 12.8. The van der Waals surface area contributed by atoms with Gasteiger partial charge in [-0.05, 0) is 28.9 Å². The van der Waals surface area contributed by atoms with Crippen molar-refractivity contribution in [2.24, 2.45) is 0 Å². The number of carbonyl (C=O) groups is 2. The van der Waals surface area contributed by atoms with E-state index in [-0.39, 0.29) is 11.9 Å². The van der Waals surface area contributed by atoms with Crippen molar-refractivity contribution < 1.29 is 19.4 Å². The summed E-state index contributed by atoms with van der Waals surface area (Å²) in [4.78, 5) is 29.2. The van der Waals surface area contributed by atoms with Crippen molar-refractivity contribution in [3.8, 4) is 5.75 Å². The Hall–Kier alpha value is -1.71. The van der Waals surface area contributed by atoms with Gasteiger partial charge in [0.1, 0.15) is 11.8 Å². The Morgan fingerprint density at radius 3 is 2.46 bits per heavy atom. The van der Waals surface area contributed by atoms with Gasteiger partial charge in [-0.25, -0.2) is 4.79 Å². The van der Waals surface area contributed by atoms with Crippen LogP contribution in [0.5, 0.6) is 5.75 Å². The van der Waals surface area contributed by atoms with Gasteiger partial charge in [0, 0.05) is 55.8 Å². The van der Waals surface area contributed by atoms with Crippen molar-refractivity contribution in [1.29, 1.82) is 0 Å². The number of anilines is 1. The van der Waals surface area contributed by atoms with Crippen LogP contribution in [-0.2, 0) is 4.79 Å². The molecule has 3 rings (SSSR count). The molecule has 0 saturated carbocycles. The first-order valence-corrected chi connectivity index (χ1v) is 10.3. The van der Waals surface area contributed by atoms with Crippen LogP contribution >= 0.6 is 27.5 Å². The highest BCUT2D eigenvalue weighted by molar-refractivity contribution is 9.10. The molecular weight excluding hydrogens is 452 g/mol. The Balaban J connectivity index is 1.53. The zero-order valence-electron chi connectivity index (χ0n) is 15.8. The van der Waals surface area contributed by atoms with E-state index in [9.17, 15) is 9.59 Å². The van der Waals surface area contributed by atoms with Gasteiger partial charge in [-0.2, -0.15) is 0 Å². The van der Waals surface area contributed by atoms with E-state index in [0.717, 1.165) is 17.6 Å². The number of ether oxygens (including phenoxy) is 1. The molecule has 2 heterocycles. The number of carboxylic acid groups (broad SMARTS) is 1. The lowest BCUT2D eigenvalue weighted by Gasteiger charge is -2.47. The molecule has 154 valence electrons. The van der Waals surface area contributed by atoms with Crippen LogP contribution in [0.4, 0.5) is 10.5 Å². The van der Waals surface area contributed by atoms with Gasteiger partial charge in [0.25, 0.3) is 0 Å². The molecule has 0 spiro atoms. The third-order valence-corrected chi connectivity index (χ3v) is 6.46. The van der Waals surface area contributed by atoms with Crippen LogP contribution in [0.3, 0.4) is 0 Å². The zero-order valence-corrected chi connectivity index (χ0v) is 18.2. The Morgan fingerprint density at radius 1 is 1.25 bits per heavy atom. The Morgan fingerprint density at radius 2 is 1.89 bits per heavy atom. The average Bonchev–Trinajstić information content (AvgIpc) is 2.63. The third-order valence-electron chi connectivity index (χ3n) is 5.26. The second-order valence-electron chi connectivity index (χ2n) is 7.04. The number of likely N-dealkylation sites (tertiary alicyclic amines) is 1. The molecule has 0 aliphatic carbocycles. The average molecular weight is 476 g/mol. The van der Waals surface area contributed by atoms with Gasteiger partial charge < -0.3 is 25.0 Å². The number of hydrogen-bond donors (Lipinski definition) is 2. The molecule has 2 aliphatic heterocycles. The molecule has 8 nitrogen and oxygen atoms in total. The Bertz CT molecular complexity index is 751. The van der Waals surface area contributed by atoms with Crippen LogP contribution in [0.25, 0.3) is 0 Å². The highest BCUT2D eigenvalue weighted by Gasteiger charge is 2.37. The number of hydrogen-bond acceptors (Lipinski definition) is 5. The molecule has 2 saturated heterocycles. The van der Waals surface area contributed by atoms with Crippen LogP contribution in [-0.4, -0.2) is 90.3 Å². The van der Waals surface area contributed by atoms with E-state index in [0.29, 0.717) is 42.6 Å². The smallest absolute Gasteiger partial charge is 0.407 e. The van der Waals surface area contributed by atoms with Gasteiger partial charge in [-0.1, -0.05) is 11.6 Å². The minimum absolute atomic E-state index is 0.0218. The molecular formula is C18H24BrClN4O4. The molecule has 1 aromatic rings. The van der Waals surface area contributed by atoms with E-state index in [1.54, 1.807) is 19.2 Å². The summed E-state index contributed by atoms with van der Waals surface area (Å²) in [6, 6.07) is 3.34. The quantitative estimate of drug-likeness (QED) is 0.680. The van der Waals surface area contributed by atoms with Gasteiger partial charge in [-0.3, -0.25) is 9.69 Å². The fourth-order valence-electron chi connectivity index (χ4n) is 3.53. The number of rotatable bonds is 5. The molecule has 2 amide bonds. The fraction of sp³-hybridized carbons (Fsp3) is 0.556. The molecule has 10 heteroatoms. The third kappa shape index (κ3) is 4.47. The SMILES string of the molecule is COc1cc(Cl)c(Br)cc1NC(C)C(=O)N1CCN(C2CN(C(=O)O)C2)CC1. The van der Waals surface area contributed by atoms with E-state index < -0.39 is 12.1 Å². The van der Waals surface area contributed by atoms with Gasteiger partial charge in [0.2, 0.25) is 5.91 Å². The largest absolute Gasteiger partial charge is 0.495 e. The Kier molecular flexibility index (Phi) is 6.57. The molecule has 28 heavy (non-hydrogen) atoms. The molecule has 1 unspecified atom stereocenters. The van der Waals surface area contributed by atoms with Crippen molar-refractivity contribution in [2.75, 3.05) is 51.7 Å². The van der Waals surface area contributed by atoms with E-state index in [1.165, 1.54) is 4.90 Å². The van der Waals surface area contributed by atoms with Crippen LogP contribution in [0, 0.1) is 0 Å². The summed E-state index contributed by atoms with van der Waals surface area (Å²) in [6.45, 7) is 5.71. The van der Waals surface area contributed by atoms with Crippen LogP contribution < -0.4 is 10.1 Å². The number of nitrogens with one attached hydrogen (secondary N) is 1. The predicted octanol–water partition coefficient (Wildman–Crippen LogP) is 2.42. The van der Waals surface area contributed by atoms with Crippen LogP contribution in [0.15, 0.2) is 16.6 Å². The first-order valence-electron chi connectivity index (χ1n) is 9.10. The summed E-state index contributed by atoms with van der Waals surface area (Å²) < 4.78 is 6.07. The molecule has 0 aromatic heterocycles. The molecule has 2 aliphatic rings. The highest BCUT2D eigenvalue weighted by Crippen LogP contribution is 2.34. The lowest BCUT2D eigenvalue weighted by atomic mass is 10.1. The van der Waals surface area contributed by atoms with E-state index in [1.807, 2.05) is 11.8 Å². The molecule has 0 radical (unpaired) electrons. The lowest BCUT2D eigenvalue weighted by molar-refractivity contribution is -0.134. The molecule has 1 atom stereocenters. The monoisotopic (exact) mass is 474 g/mol. The van der Waals surface area contributed by atoms with E-state index in [2.05, 4.69) is 26.1 Å². The lowest BCUT2D eigenvalue weighted by Crippen LogP contribution is -2.64. The highest BCUT2D eigenvalue weighted by atomic mass is 79.9. The molecule has 1 aromatic carbocycles. The number of halogens is 2. The summed E-state index contributed by atoms with van der Waals surface area (Å²) in [6.07, 6.45) is -0.866. The number of nitrogens with zero attached hydrogens (tertiary/aromatic N) is 3. The molecule has 2 fully saturated rings. The normalized spacial score (nSPS) is 19.1. The Labute approximate surface area is 177 Å². The van der Waals surface area contributed by atoms with Crippen LogP contribution in [0.1, 0.15) is 6.92 Å². The summed E-state index contributed by atoms with van der Waals surface area (Å²) in [7, 11) is 1.56. The van der Waals surface area contributed by atoms with Crippen molar-refractivity contribution >= 4 is 45.2 Å². The minimum Gasteiger partial charge on any atom is -0.495 e. The topological polar surface area (TPSA) is 85.4 Å². The second kappa shape index (κ2) is 8.75. The second-order valence-corrected chi connectivity index (χ2v) is 8.30. The predicted molar refractivity (Wildman–Crippen MR) is 110 cm³/mol. The van der Waals surface area contributed by atoms with Crippen LogP contribution in [0.2, 0.25) is 5.02 Å². The standard InChI is InChI=1S/C18H24BrClN4O4/c1-11(21-15-7-13(19)14(20)8-16(15)28-2)17(25)23-5-3-22(4-6-23)12-9-24(10-12)18(26)27/h7-8,11-12,21H,3-6,9-10H2,1-2H3,(H,26,27). The maximum Gasteiger partial charge on any atom is 0.407 e.